The number of hydrogen-bond acceptors (Lipinski definition) is 5. The Hall–Kier alpha value is -1.82. The van der Waals surface area contributed by atoms with Gasteiger partial charge in [0, 0.05) is 32.0 Å². The lowest BCUT2D eigenvalue weighted by Gasteiger charge is -2.35. The Labute approximate surface area is 118 Å². The number of piperidine rings is 1. The normalized spacial score (nSPS) is 23.2. The Morgan fingerprint density at radius 1 is 1.50 bits per heavy atom. The number of hydrogen-bond donors (Lipinski definition) is 2. The van der Waals surface area contributed by atoms with Gasteiger partial charge < -0.3 is 19.7 Å². The molecule has 0 bridgehead atoms. The number of fused-ring (bicyclic) bond motifs is 1. The minimum Gasteiger partial charge on any atom is -0.393 e. The van der Waals surface area contributed by atoms with E-state index in [0.29, 0.717) is 0 Å². The maximum absolute atomic E-state index is 9.87. The van der Waals surface area contributed by atoms with Crippen molar-refractivity contribution in [3.63, 3.8) is 0 Å². The fourth-order valence-corrected chi connectivity index (χ4v) is 2.72. The van der Waals surface area contributed by atoms with Crippen molar-refractivity contribution in [1.29, 1.82) is 0 Å². The second kappa shape index (κ2) is 5.28. The fourth-order valence-electron chi connectivity index (χ4n) is 2.72. The van der Waals surface area contributed by atoms with Crippen LogP contribution in [0.3, 0.4) is 0 Å². The predicted molar refractivity (Wildman–Crippen MR) is 79.2 cm³/mol. The van der Waals surface area contributed by atoms with Gasteiger partial charge in [-0.25, -0.2) is 9.97 Å². The van der Waals surface area contributed by atoms with Crippen LogP contribution in [0.5, 0.6) is 0 Å². The minimum absolute atomic E-state index is 0.209. The van der Waals surface area contributed by atoms with Crippen molar-refractivity contribution < 1.29 is 5.11 Å². The van der Waals surface area contributed by atoms with E-state index in [-0.39, 0.29) is 12.0 Å². The van der Waals surface area contributed by atoms with Gasteiger partial charge >= 0.3 is 0 Å². The van der Waals surface area contributed by atoms with Crippen LogP contribution in [0, 0.1) is 5.92 Å². The molecule has 2 atom stereocenters. The number of aliphatic hydroxyl groups excluding tert-OH is 1. The molecule has 2 aromatic heterocycles. The van der Waals surface area contributed by atoms with Crippen molar-refractivity contribution in [2.45, 2.75) is 26.4 Å². The largest absolute Gasteiger partial charge is 0.393 e. The first-order valence-corrected chi connectivity index (χ1v) is 7.19. The van der Waals surface area contributed by atoms with E-state index in [0.717, 1.165) is 43.3 Å². The van der Waals surface area contributed by atoms with Gasteiger partial charge in [-0.2, -0.15) is 0 Å². The Bertz CT molecular complexity index is 596. The zero-order valence-electron chi connectivity index (χ0n) is 12.0. The fraction of sp³-hybridized carbons (Fsp3) is 0.571. The van der Waals surface area contributed by atoms with Gasteiger partial charge in [-0.3, -0.25) is 0 Å². The summed E-state index contributed by atoms with van der Waals surface area (Å²) in [5.74, 6) is 2.00. The van der Waals surface area contributed by atoms with E-state index in [1.54, 1.807) is 6.20 Å². The topological polar surface area (TPSA) is 65.7 Å². The molecule has 0 radical (unpaired) electrons. The zero-order chi connectivity index (χ0) is 14.1. The van der Waals surface area contributed by atoms with Crippen molar-refractivity contribution in [1.82, 2.24) is 14.4 Å². The first kappa shape index (κ1) is 13.2. The van der Waals surface area contributed by atoms with E-state index in [1.807, 2.05) is 16.8 Å². The molecule has 0 spiro atoms. The number of nitrogens with one attached hydrogen (secondary N) is 1. The summed E-state index contributed by atoms with van der Waals surface area (Å²) in [6, 6.07) is 0. The highest BCUT2D eigenvalue weighted by Gasteiger charge is 2.26. The highest BCUT2D eigenvalue weighted by Crippen LogP contribution is 2.26. The highest BCUT2D eigenvalue weighted by molar-refractivity contribution is 5.67. The third-order valence-corrected chi connectivity index (χ3v) is 3.87. The Morgan fingerprint density at radius 2 is 2.35 bits per heavy atom. The number of aromatic nitrogens is 3. The number of rotatable bonds is 3. The third-order valence-electron chi connectivity index (χ3n) is 3.87. The molecule has 1 saturated heterocycles. The maximum atomic E-state index is 9.87. The molecule has 108 valence electrons. The summed E-state index contributed by atoms with van der Waals surface area (Å²) in [7, 11) is 0. The summed E-state index contributed by atoms with van der Waals surface area (Å²) in [4.78, 5) is 11.3. The molecule has 0 amide bonds. The van der Waals surface area contributed by atoms with Crippen LogP contribution in [0.25, 0.3) is 5.65 Å². The Kier molecular flexibility index (Phi) is 3.48. The number of aliphatic hydroxyl groups is 1. The van der Waals surface area contributed by atoms with E-state index in [4.69, 9.17) is 4.98 Å². The smallest absolute Gasteiger partial charge is 0.180 e. The molecule has 6 nitrogen and oxygen atoms in total. The second-order valence-electron chi connectivity index (χ2n) is 5.42. The van der Waals surface area contributed by atoms with Crippen LogP contribution in [0.4, 0.5) is 11.6 Å². The molecule has 2 aromatic rings. The zero-order valence-corrected chi connectivity index (χ0v) is 12.0. The lowest BCUT2D eigenvalue weighted by Crippen LogP contribution is -2.42. The summed E-state index contributed by atoms with van der Waals surface area (Å²) in [5, 5.41) is 13.1. The van der Waals surface area contributed by atoms with Gasteiger partial charge in [-0.05, 0) is 19.3 Å². The van der Waals surface area contributed by atoms with Crippen molar-refractivity contribution >= 4 is 17.3 Å². The van der Waals surface area contributed by atoms with Gasteiger partial charge in [0.1, 0.15) is 5.82 Å². The molecule has 3 rings (SSSR count). The predicted octanol–water partition coefficient (Wildman–Crippen LogP) is 1.37. The average Bonchev–Trinajstić information content (AvgIpc) is 2.89. The molecule has 2 N–H and O–H groups in total. The lowest BCUT2D eigenvalue weighted by molar-refractivity contribution is 0.0969. The molecule has 0 saturated carbocycles. The Balaban J connectivity index is 1.98. The van der Waals surface area contributed by atoms with E-state index < -0.39 is 0 Å². The van der Waals surface area contributed by atoms with Gasteiger partial charge in [0.25, 0.3) is 0 Å². The van der Waals surface area contributed by atoms with E-state index >= 15 is 0 Å². The van der Waals surface area contributed by atoms with E-state index in [9.17, 15) is 5.11 Å². The second-order valence-corrected chi connectivity index (χ2v) is 5.42. The van der Waals surface area contributed by atoms with Crippen molar-refractivity contribution in [2.24, 2.45) is 5.92 Å². The van der Waals surface area contributed by atoms with Gasteiger partial charge in [0.15, 0.2) is 11.5 Å². The first-order chi connectivity index (χ1) is 9.69. The summed E-state index contributed by atoms with van der Waals surface area (Å²) in [5.41, 5.74) is 0.871. The van der Waals surface area contributed by atoms with Gasteiger partial charge in [-0.15, -0.1) is 0 Å². The highest BCUT2D eigenvalue weighted by atomic mass is 16.3. The molecule has 0 aliphatic carbocycles. The number of nitrogens with zero attached hydrogens (tertiary/aromatic N) is 4. The quantitative estimate of drug-likeness (QED) is 0.885. The third kappa shape index (κ3) is 2.31. The SMILES string of the molecule is CCNc1cn2ccnc2c(N2CCC(O)C(C)C2)n1. The molecule has 3 heterocycles. The van der Waals surface area contributed by atoms with E-state index in [1.165, 1.54) is 0 Å². The van der Waals surface area contributed by atoms with Crippen molar-refractivity contribution in [3.05, 3.63) is 18.6 Å². The Morgan fingerprint density at radius 3 is 3.10 bits per heavy atom. The lowest BCUT2D eigenvalue weighted by atomic mass is 9.97. The van der Waals surface area contributed by atoms with E-state index in [2.05, 4.69) is 29.0 Å². The van der Waals surface area contributed by atoms with Gasteiger partial charge in [0.2, 0.25) is 0 Å². The molecule has 1 aliphatic heterocycles. The molecule has 20 heavy (non-hydrogen) atoms. The van der Waals surface area contributed by atoms with Crippen LogP contribution in [0.15, 0.2) is 18.6 Å². The molecular weight excluding hydrogens is 254 g/mol. The van der Waals surface area contributed by atoms with Gasteiger partial charge in [0.05, 0.1) is 12.3 Å². The van der Waals surface area contributed by atoms with Crippen molar-refractivity contribution in [3.8, 4) is 0 Å². The van der Waals surface area contributed by atoms with Crippen molar-refractivity contribution in [2.75, 3.05) is 29.9 Å². The average molecular weight is 275 g/mol. The summed E-state index contributed by atoms with van der Waals surface area (Å²) < 4.78 is 2.00. The first-order valence-electron chi connectivity index (χ1n) is 7.19. The summed E-state index contributed by atoms with van der Waals surface area (Å²) in [6.07, 6.45) is 6.25. The molecular formula is C14H21N5O. The van der Waals surface area contributed by atoms with Crippen LogP contribution >= 0.6 is 0 Å². The summed E-state index contributed by atoms with van der Waals surface area (Å²) in [6.45, 7) is 6.59. The molecule has 2 unspecified atom stereocenters. The van der Waals surface area contributed by atoms with Crippen LogP contribution in [0.1, 0.15) is 20.3 Å². The van der Waals surface area contributed by atoms with Crippen LogP contribution in [0.2, 0.25) is 0 Å². The van der Waals surface area contributed by atoms with Crippen LogP contribution < -0.4 is 10.2 Å². The van der Waals surface area contributed by atoms with Crippen LogP contribution in [-0.4, -0.2) is 45.2 Å². The molecule has 1 fully saturated rings. The number of anilines is 2. The molecule has 1 aliphatic rings. The minimum atomic E-state index is -0.209. The molecule has 6 heteroatoms. The van der Waals surface area contributed by atoms with Gasteiger partial charge in [-0.1, -0.05) is 6.92 Å². The standard InChI is InChI=1S/C14H21N5O/c1-3-15-12-9-19-7-5-16-13(19)14(17-12)18-6-4-11(20)10(2)8-18/h5,7,9-11,15,20H,3-4,6,8H2,1-2H3. The van der Waals surface area contributed by atoms with Crippen LogP contribution in [-0.2, 0) is 0 Å². The maximum Gasteiger partial charge on any atom is 0.180 e. The summed E-state index contributed by atoms with van der Waals surface area (Å²) >= 11 is 0. The molecule has 0 aromatic carbocycles. The number of imidazole rings is 1. The monoisotopic (exact) mass is 275 g/mol.